The first kappa shape index (κ1) is 20.9. The SMILES string of the molecule is CCCCCCC(CC(C)C(=O)OC(C)(C)C)C(=O)OCC. The number of hydrogen-bond donors (Lipinski definition) is 0. The molecule has 130 valence electrons. The summed E-state index contributed by atoms with van der Waals surface area (Å²) in [5, 5.41) is 0. The van der Waals surface area contributed by atoms with Crippen LogP contribution >= 0.6 is 0 Å². The summed E-state index contributed by atoms with van der Waals surface area (Å²) in [6.45, 7) is 11.7. The zero-order valence-electron chi connectivity index (χ0n) is 15.2. The Labute approximate surface area is 135 Å². The van der Waals surface area contributed by atoms with Crippen molar-refractivity contribution in [2.24, 2.45) is 11.8 Å². The van der Waals surface area contributed by atoms with Crippen LogP contribution in [0.1, 0.15) is 80.1 Å². The first-order valence-corrected chi connectivity index (χ1v) is 8.60. The summed E-state index contributed by atoms with van der Waals surface area (Å²) in [4.78, 5) is 24.2. The minimum absolute atomic E-state index is 0.186. The second-order valence-electron chi connectivity index (χ2n) is 6.97. The van der Waals surface area contributed by atoms with E-state index in [1.807, 2.05) is 34.6 Å². The van der Waals surface area contributed by atoms with Gasteiger partial charge in [0.25, 0.3) is 0 Å². The average molecular weight is 314 g/mol. The summed E-state index contributed by atoms with van der Waals surface area (Å²) in [6, 6.07) is 0. The van der Waals surface area contributed by atoms with Gasteiger partial charge in [0.05, 0.1) is 18.4 Å². The van der Waals surface area contributed by atoms with Crippen molar-refractivity contribution in [3.63, 3.8) is 0 Å². The van der Waals surface area contributed by atoms with Crippen molar-refractivity contribution in [3.8, 4) is 0 Å². The molecular weight excluding hydrogens is 280 g/mol. The first-order chi connectivity index (χ1) is 10.2. The van der Waals surface area contributed by atoms with Crippen LogP contribution in [0.5, 0.6) is 0 Å². The third kappa shape index (κ3) is 9.80. The molecule has 0 aliphatic carbocycles. The van der Waals surface area contributed by atoms with E-state index in [4.69, 9.17) is 9.47 Å². The predicted octanol–water partition coefficient (Wildman–Crippen LogP) is 4.50. The Morgan fingerprint density at radius 3 is 2.14 bits per heavy atom. The van der Waals surface area contributed by atoms with Crippen LogP contribution in [0, 0.1) is 11.8 Å². The third-order valence-electron chi connectivity index (χ3n) is 3.47. The molecule has 4 nitrogen and oxygen atoms in total. The van der Waals surface area contributed by atoms with Gasteiger partial charge in [-0.05, 0) is 40.5 Å². The highest BCUT2D eigenvalue weighted by Gasteiger charge is 2.28. The molecule has 0 spiro atoms. The van der Waals surface area contributed by atoms with Crippen molar-refractivity contribution in [1.82, 2.24) is 0 Å². The molecular formula is C18H34O4. The van der Waals surface area contributed by atoms with Gasteiger partial charge in [-0.2, -0.15) is 0 Å². The molecule has 0 amide bonds. The summed E-state index contributed by atoms with van der Waals surface area (Å²) in [5.74, 6) is -0.927. The molecule has 0 heterocycles. The second kappa shape index (κ2) is 10.6. The molecule has 0 aliphatic rings. The lowest BCUT2D eigenvalue weighted by molar-refractivity contribution is -0.160. The van der Waals surface area contributed by atoms with E-state index >= 15 is 0 Å². The van der Waals surface area contributed by atoms with Gasteiger partial charge in [-0.1, -0.05) is 39.5 Å². The number of rotatable bonds is 10. The smallest absolute Gasteiger partial charge is 0.309 e. The van der Waals surface area contributed by atoms with E-state index in [0.717, 1.165) is 19.3 Å². The van der Waals surface area contributed by atoms with Crippen molar-refractivity contribution < 1.29 is 19.1 Å². The maximum atomic E-state index is 12.1. The van der Waals surface area contributed by atoms with Crippen molar-refractivity contribution in [2.45, 2.75) is 85.7 Å². The Kier molecular flexibility index (Phi) is 10.1. The first-order valence-electron chi connectivity index (χ1n) is 8.60. The summed E-state index contributed by atoms with van der Waals surface area (Å²) in [5.41, 5.74) is -0.494. The fourth-order valence-corrected chi connectivity index (χ4v) is 2.33. The molecule has 4 heteroatoms. The average Bonchev–Trinajstić information content (AvgIpc) is 2.40. The number of carbonyl (C=O) groups excluding carboxylic acids is 2. The van der Waals surface area contributed by atoms with Crippen LogP contribution in [0.15, 0.2) is 0 Å². The van der Waals surface area contributed by atoms with Crippen LogP contribution in [-0.4, -0.2) is 24.1 Å². The lowest BCUT2D eigenvalue weighted by Gasteiger charge is -2.24. The second-order valence-corrected chi connectivity index (χ2v) is 6.97. The summed E-state index contributed by atoms with van der Waals surface area (Å²) in [6.07, 6.45) is 5.74. The van der Waals surface area contributed by atoms with Gasteiger partial charge in [0, 0.05) is 0 Å². The maximum Gasteiger partial charge on any atom is 0.309 e. The standard InChI is InChI=1S/C18H34O4/c1-7-9-10-11-12-15(17(20)21-8-2)13-14(3)16(19)22-18(4,5)6/h14-15H,7-13H2,1-6H3. The maximum absolute atomic E-state index is 12.1. The Morgan fingerprint density at radius 1 is 1.00 bits per heavy atom. The molecule has 0 N–H and O–H groups in total. The van der Waals surface area contributed by atoms with E-state index in [1.165, 1.54) is 12.8 Å². The molecule has 0 aromatic rings. The van der Waals surface area contributed by atoms with E-state index in [-0.39, 0.29) is 23.8 Å². The highest BCUT2D eigenvalue weighted by Crippen LogP contribution is 2.23. The van der Waals surface area contributed by atoms with Gasteiger partial charge in [-0.25, -0.2) is 0 Å². The van der Waals surface area contributed by atoms with Crippen LogP contribution in [0.25, 0.3) is 0 Å². The summed E-state index contributed by atoms with van der Waals surface area (Å²) >= 11 is 0. The minimum Gasteiger partial charge on any atom is -0.466 e. The van der Waals surface area contributed by atoms with Crippen molar-refractivity contribution in [1.29, 1.82) is 0 Å². The van der Waals surface area contributed by atoms with E-state index in [2.05, 4.69) is 6.92 Å². The highest BCUT2D eigenvalue weighted by molar-refractivity contribution is 5.76. The monoisotopic (exact) mass is 314 g/mol. The van der Waals surface area contributed by atoms with Gasteiger partial charge in [0.1, 0.15) is 5.60 Å². The van der Waals surface area contributed by atoms with Crippen molar-refractivity contribution in [2.75, 3.05) is 6.61 Å². The Hall–Kier alpha value is -1.06. The number of hydrogen-bond acceptors (Lipinski definition) is 4. The van der Waals surface area contributed by atoms with E-state index in [0.29, 0.717) is 13.0 Å². The van der Waals surface area contributed by atoms with E-state index in [9.17, 15) is 9.59 Å². The summed E-state index contributed by atoms with van der Waals surface area (Å²) in [7, 11) is 0. The molecule has 0 radical (unpaired) electrons. The van der Waals surface area contributed by atoms with Crippen LogP contribution < -0.4 is 0 Å². The van der Waals surface area contributed by atoms with Gasteiger partial charge < -0.3 is 9.47 Å². The van der Waals surface area contributed by atoms with Gasteiger partial charge in [-0.15, -0.1) is 0 Å². The molecule has 0 aliphatic heterocycles. The lowest BCUT2D eigenvalue weighted by Crippen LogP contribution is -2.30. The fraction of sp³-hybridized carbons (Fsp3) is 0.889. The quantitative estimate of drug-likeness (QED) is 0.440. The highest BCUT2D eigenvalue weighted by atomic mass is 16.6. The Morgan fingerprint density at radius 2 is 1.64 bits per heavy atom. The van der Waals surface area contributed by atoms with E-state index < -0.39 is 5.60 Å². The number of carbonyl (C=O) groups is 2. The van der Waals surface area contributed by atoms with Gasteiger partial charge in [-0.3, -0.25) is 9.59 Å². The number of esters is 2. The molecule has 0 aromatic carbocycles. The molecule has 0 rings (SSSR count). The molecule has 0 bridgehead atoms. The lowest BCUT2D eigenvalue weighted by atomic mass is 9.91. The number of unbranched alkanes of at least 4 members (excludes halogenated alkanes) is 3. The summed E-state index contributed by atoms with van der Waals surface area (Å²) < 4.78 is 10.5. The third-order valence-corrected chi connectivity index (χ3v) is 3.47. The van der Waals surface area contributed by atoms with E-state index in [1.54, 1.807) is 0 Å². The van der Waals surface area contributed by atoms with Crippen LogP contribution in [-0.2, 0) is 19.1 Å². The molecule has 22 heavy (non-hydrogen) atoms. The minimum atomic E-state index is -0.494. The van der Waals surface area contributed by atoms with Crippen molar-refractivity contribution in [3.05, 3.63) is 0 Å². The molecule has 0 saturated heterocycles. The Balaban J connectivity index is 4.53. The molecule has 0 fully saturated rings. The predicted molar refractivity (Wildman–Crippen MR) is 88.5 cm³/mol. The van der Waals surface area contributed by atoms with Gasteiger partial charge in [0.2, 0.25) is 0 Å². The topological polar surface area (TPSA) is 52.6 Å². The van der Waals surface area contributed by atoms with Gasteiger partial charge >= 0.3 is 11.9 Å². The molecule has 2 unspecified atom stereocenters. The fourth-order valence-electron chi connectivity index (χ4n) is 2.33. The van der Waals surface area contributed by atoms with Gasteiger partial charge in [0.15, 0.2) is 0 Å². The van der Waals surface area contributed by atoms with Crippen molar-refractivity contribution >= 4 is 11.9 Å². The molecule has 2 atom stereocenters. The zero-order chi connectivity index (χ0) is 17.2. The van der Waals surface area contributed by atoms with Crippen LogP contribution in [0.2, 0.25) is 0 Å². The normalized spacial score (nSPS) is 14.3. The van der Waals surface area contributed by atoms with Crippen LogP contribution in [0.3, 0.4) is 0 Å². The Bertz CT molecular complexity index is 330. The van der Waals surface area contributed by atoms with Crippen LogP contribution in [0.4, 0.5) is 0 Å². The molecule has 0 saturated carbocycles. The number of ether oxygens (including phenoxy) is 2. The largest absolute Gasteiger partial charge is 0.466 e. The zero-order valence-corrected chi connectivity index (χ0v) is 15.2. The molecule has 0 aromatic heterocycles.